The Kier molecular flexibility index (Phi) is 5.00. The number of rotatable bonds is 2. The quantitative estimate of drug-likeness (QED) is 0.195. The van der Waals surface area contributed by atoms with E-state index in [2.05, 4.69) is 158 Å². The molecular formula is C42H26. The van der Waals surface area contributed by atoms with Gasteiger partial charge < -0.3 is 0 Å². The SMILES string of the molecule is c1ccc2cc3cc(-c4ccc5cc6cc(-c7ccc8cc9ccccc9cc8c7)ccc6cc5c4)ccc3cc2c1. The molecule has 9 aromatic rings. The summed E-state index contributed by atoms with van der Waals surface area (Å²) in [7, 11) is 0. The molecule has 0 bridgehead atoms. The molecule has 0 aliphatic carbocycles. The standard InChI is InChI=1S/C42H26/c1-3-7-29-19-39-21-31(9-13-35(39)17-27(29)5-1)33-11-15-37-26-42-24-34(12-16-38(42)25-41(37)23-33)32-10-14-36-18-28-6-2-4-8-30(28)20-40(36)22-32/h1-26H. The Morgan fingerprint density at radius 1 is 0.167 bits per heavy atom. The first-order chi connectivity index (χ1) is 20.7. The van der Waals surface area contributed by atoms with Crippen LogP contribution in [0.3, 0.4) is 0 Å². The van der Waals surface area contributed by atoms with Gasteiger partial charge in [0, 0.05) is 0 Å². The summed E-state index contributed by atoms with van der Waals surface area (Å²) in [5.41, 5.74) is 4.99. The van der Waals surface area contributed by atoms with E-state index in [9.17, 15) is 0 Å². The third-order valence-corrected chi connectivity index (χ3v) is 8.87. The van der Waals surface area contributed by atoms with Crippen LogP contribution in [0.4, 0.5) is 0 Å². The van der Waals surface area contributed by atoms with Crippen LogP contribution in [0.5, 0.6) is 0 Å². The van der Waals surface area contributed by atoms with E-state index >= 15 is 0 Å². The van der Waals surface area contributed by atoms with E-state index < -0.39 is 0 Å². The largest absolute Gasteiger partial charge is 0.0616 e. The molecule has 0 atom stereocenters. The van der Waals surface area contributed by atoms with Gasteiger partial charge in [0.15, 0.2) is 0 Å². The zero-order valence-corrected chi connectivity index (χ0v) is 23.0. The second kappa shape index (κ2) is 9.03. The van der Waals surface area contributed by atoms with Gasteiger partial charge in [-0.2, -0.15) is 0 Å². The highest BCUT2D eigenvalue weighted by Crippen LogP contribution is 2.34. The van der Waals surface area contributed by atoms with Crippen molar-refractivity contribution in [2.75, 3.05) is 0 Å². The van der Waals surface area contributed by atoms with E-state index in [4.69, 9.17) is 0 Å². The highest BCUT2D eigenvalue weighted by molar-refractivity contribution is 6.04. The Labute approximate surface area is 244 Å². The smallest absolute Gasteiger partial charge is 0.0171 e. The van der Waals surface area contributed by atoms with Gasteiger partial charge in [0.2, 0.25) is 0 Å². The van der Waals surface area contributed by atoms with Gasteiger partial charge >= 0.3 is 0 Å². The van der Waals surface area contributed by atoms with Crippen molar-refractivity contribution in [3.05, 3.63) is 158 Å². The monoisotopic (exact) mass is 530 g/mol. The molecule has 42 heavy (non-hydrogen) atoms. The van der Waals surface area contributed by atoms with E-state index in [1.165, 1.54) is 86.9 Å². The highest BCUT2D eigenvalue weighted by atomic mass is 14.1. The van der Waals surface area contributed by atoms with Crippen LogP contribution in [0, 0.1) is 0 Å². The first kappa shape index (κ1) is 23.3. The Morgan fingerprint density at radius 3 is 0.643 bits per heavy atom. The molecule has 0 unspecified atom stereocenters. The normalized spacial score (nSPS) is 11.8. The summed E-state index contributed by atoms with van der Waals surface area (Å²) >= 11 is 0. The number of hydrogen-bond donors (Lipinski definition) is 0. The molecule has 0 heteroatoms. The van der Waals surface area contributed by atoms with Crippen molar-refractivity contribution in [2.24, 2.45) is 0 Å². The van der Waals surface area contributed by atoms with Gasteiger partial charge in [0.1, 0.15) is 0 Å². The third kappa shape index (κ3) is 3.84. The summed E-state index contributed by atoms with van der Waals surface area (Å²) in [4.78, 5) is 0. The summed E-state index contributed by atoms with van der Waals surface area (Å²) < 4.78 is 0. The average molecular weight is 531 g/mol. The topological polar surface area (TPSA) is 0 Å². The van der Waals surface area contributed by atoms with Crippen LogP contribution in [0.2, 0.25) is 0 Å². The van der Waals surface area contributed by atoms with E-state index in [1.807, 2.05) is 0 Å². The molecule has 9 rings (SSSR count). The summed E-state index contributed by atoms with van der Waals surface area (Å²) in [5.74, 6) is 0. The maximum atomic E-state index is 2.33. The zero-order valence-electron chi connectivity index (χ0n) is 23.0. The van der Waals surface area contributed by atoms with Crippen LogP contribution in [0.25, 0.3) is 86.9 Å². The van der Waals surface area contributed by atoms with E-state index in [0.29, 0.717) is 0 Å². The van der Waals surface area contributed by atoms with Gasteiger partial charge in [0.25, 0.3) is 0 Å². The Balaban J connectivity index is 1.10. The molecule has 9 aromatic carbocycles. The van der Waals surface area contributed by atoms with Crippen LogP contribution in [-0.4, -0.2) is 0 Å². The highest BCUT2D eigenvalue weighted by Gasteiger charge is 2.07. The molecule has 0 amide bonds. The molecule has 0 spiro atoms. The second-order valence-corrected chi connectivity index (χ2v) is 11.5. The lowest BCUT2D eigenvalue weighted by molar-refractivity contribution is 1.67. The number of benzene rings is 9. The van der Waals surface area contributed by atoms with E-state index in [0.717, 1.165) is 0 Å². The molecule has 0 aliphatic heterocycles. The maximum Gasteiger partial charge on any atom is -0.0171 e. The van der Waals surface area contributed by atoms with Crippen molar-refractivity contribution in [3.63, 3.8) is 0 Å². The molecule has 194 valence electrons. The van der Waals surface area contributed by atoms with Crippen molar-refractivity contribution < 1.29 is 0 Å². The third-order valence-electron chi connectivity index (χ3n) is 8.87. The zero-order chi connectivity index (χ0) is 27.6. The van der Waals surface area contributed by atoms with Gasteiger partial charge in [-0.3, -0.25) is 0 Å². The summed E-state index contributed by atoms with van der Waals surface area (Å²) in [6.45, 7) is 0. The van der Waals surface area contributed by atoms with E-state index in [1.54, 1.807) is 0 Å². The van der Waals surface area contributed by atoms with Crippen molar-refractivity contribution in [1.29, 1.82) is 0 Å². The Hall–Kier alpha value is -5.46. The lowest BCUT2D eigenvalue weighted by Crippen LogP contribution is -1.84. The fourth-order valence-electron chi connectivity index (χ4n) is 6.60. The van der Waals surface area contributed by atoms with Crippen LogP contribution >= 0.6 is 0 Å². The van der Waals surface area contributed by atoms with Crippen molar-refractivity contribution >= 4 is 64.6 Å². The van der Waals surface area contributed by atoms with Crippen LogP contribution < -0.4 is 0 Å². The lowest BCUT2D eigenvalue weighted by Gasteiger charge is -2.10. The first-order valence-electron chi connectivity index (χ1n) is 14.6. The Bertz CT molecular complexity index is 2340. The summed E-state index contributed by atoms with van der Waals surface area (Å²) in [6.07, 6.45) is 0. The number of fused-ring (bicyclic) bond motifs is 6. The maximum absolute atomic E-state index is 2.33. The molecule has 0 N–H and O–H groups in total. The molecule has 0 aliphatic rings. The van der Waals surface area contributed by atoms with Crippen LogP contribution in [-0.2, 0) is 0 Å². The molecular weight excluding hydrogens is 504 g/mol. The van der Waals surface area contributed by atoms with Crippen LogP contribution in [0.15, 0.2) is 158 Å². The molecule has 0 fully saturated rings. The Morgan fingerprint density at radius 2 is 0.381 bits per heavy atom. The minimum Gasteiger partial charge on any atom is -0.0616 e. The summed E-state index contributed by atoms with van der Waals surface area (Å²) in [6, 6.07) is 58.4. The number of hydrogen-bond acceptors (Lipinski definition) is 0. The lowest BCUT2D eigenvalue weighted by atomic mass is 9.94. The molecule has 0 heterocycles. The van der Waals surface area contributed by atoms with Crippen molar-refractivity contribution in [2.45, 2.75) is 0 Å². The fourth-order valence-corrected chi connectivity index (χ4v) is 6.60. The molecule has 0 saturated carbocycles. The summed E-state index contributed by atoms with van der Waals surface area (Å²) in [5, 5.41) is 15.3. The molecule has 0 saturated heterocycles. The van der Waals surface area contributed by atoms with Crippen molar-refractivity contribution in [1.82, 2.24) is 0 Å². The van der Waals surface area contributed by atoms with E-state index in [-0.39, 0.29) is 0 Å². The minimum absolute atomic E-state index is 1.25. The molecule has 0 aromatic heterocycles. The van der Waals surface area contributed by atoms with Crippen LogP contribution in [0.1, 0.15) is 0 Å². The predicted molar refractivity (Wildman–Crippen MR) is 182 cm³/mol. The van der Waals surface area contributed by atoms with Crippen molar-refractivity contribution in [3.8, 4) is 22.3 Å². The van der Waals surface area contributed by atoms with Gasteiger partial charge in [0.05, 0.1) is 0 Å². The second-order valence-electron chi connectivity index (χ2n) is 11.5. The molecule has 0 radical (unpaired) electrons. The fraction of sp³-hybridized carbons (Fsp3) is 0. The van der Waals surface area contributed by atoms with Gasteiger partial charge in [-0.25, -0.2) is 0 Å². The molecule has 0 nitrogen and oxygen atoms in total. The average Bonchev–Trinajstić information content (AvgIpc) is 3.04. The first-order valence-corrected chi connectivity index (χ1v) is 14.6. The van der Waals surface area contributed by atoms with Gasteiger partial charge in [-0.15, -0.1) is 0 Å². The van der Waals surface area contributed by atoms with Gasteiger partial charge in [-0.1, -0.05) is 97.1 Å². The van der Waals surface area contributed by atoms with Gasteiger partial charge in [-0.05, 0) is 148 Å². The minimum atomic E-state index is 1.25. The predicted octanol–water partition coefficient (Wildman–Crippen LogP) is 11.9.